The number of hydrogen-bond acceptors (Lipinski definition) is 6. The van der Waals surface area contributed by atoms with Crippen LogP contribution in [0.25, 0.3) is 0 Å². The lowest BCUT2D eigenvalue weighted by Gasteiger charge is -2.41. The predicted octanol–water partition coefficient (Wildman–Crippen LogP) is 5.85. The molecule has 3 rings (SSSR count). The number of ether oxygens (including phenoxy) is 1. The second kappa shape index (κ2) is 11.5. The first kappa shape index (κ1) is 29.6. The van der Waals surface area contributed by atoms with Crippen LogP contribution in [-0.2, 0) is 21.6 Å². The molecule has 8 nitrogen and oxygen atoms in total. The molecule has 1 fully saturated rings. The van der Waals surface area contributed by atoms with Crippen LogP contribution in [0, 0.1) is 0 Å². The van der Waals surface area contributed by atoms with Crippen molar-refractivity contribution in [2.24, 2.45) is 0 Å². The molecule has 2 heterocycles. The number of aromatic nitrogens is 1. The third-order valence-corrected chi connectivity index (χ3v) is 12.5. The number of pyridine rings is 1. The van der Waals surface area contributed by atoms with Crippen LogP contribution in [0.2, 0.25) is 11.6 Å². The van der Waals surface area contributed by atoms with Crippen LogP contribution in [0.3, 0.4) is 0 Å². The lowest BCUT2D eigenvalue weighted by atomic mass is 10.0. The number of nitrogens with zero attached hydrogens (tertiary/aromatic N) is 2. The van der Waals surface area contributed by atoms with E-state index in [-0.39, 0.29) is 28.8 Å². The van der Waals surface area contributed by atoms with Gasteiger partial charge in [0.2, 0.25) is 0 Å². The summed E-state index contributed by atoms with van der Waals surface area (Å²) in [6.07, 6.45) is 3.75. The standard InChI is InChI=1S/C29H43N3O5Si/c1-28(2,3)37-27(35)32-23(16-20-8-11-22(12-9-20)26(33)34)13-14-24(32)18-36-38(7,29(4,5)6)19-21-10-15-25(30)31-17-21/h8-12,15,17,23-24H,13-14,16,18-19H2,1-7H3,(H2,30,31)(H,33,34)/t23-,24+,38+/m0/s1. The summed E-state index contributed by atoms with van der Waals surface area (Å²) in [5.41, 5.74) is 7.50. The van der Waals surface area contributed by atoms with E-state index in [2.05, 4.69) is 32.3 Å². The van der Waals surface area contributed by atoms with E-state index in [9.17, 15) is 14.7 Å². The van der Waals surface area contributed by atoms with E-state index >= 15 is 0 Å². The topological polar surface area (TPSA) is 115 Å². The van der Waals surface area contributed by atoms with Crippen molar-refractivity contribution < 1.29 is 23.9 Å². The van der Waals surface area contributed by atoms with E-state index in [4.69, 9.17) is 14.9 Å². The highest BCUT2D eigenvalue weighted by atomic mass is 28.4. The lowest BCUT2D eigenvalue weighted by molar-refractivity contribution is 0.00953. The number of aromatic carboxylic acids is 1. The summed E-state index contributed by atoms with van der Waals surface area (Å²) in [4.78, 5) is 30.8. The Bertz CT molecular complexity index is 1110. The molecule has 0 saturated carbocycles. The van der Waals surface area contributed by atoms with Crippen molar-refractivity contribution in [2.45, 2.75) is 96.1 Å². The minimum Gasteiger partial charge on any atom is -0.478 e. The fourth-order valence-electron chi connectivity index (χ4n) is 4.74. The van der Waals surface area contributed by atoms with Gasteiger partial charge >= 0.3 is 12.1 Å². The fourth-order valence-corrected chi connectivity index (χ4v) is 7.35. The van der Waals surface area contributed by atoms with Crippen LogP contribution in [0.4, 0.5) is 10.6 Å². The molecule has 208 valence electrons. The molecule has 3 N–H and O–H groups in total. The van der Waals surface area contributed by atoms with Crippen molar-refractivity contribution in [1.82, 2.24) is 9.88 Å². The molecule has 1 aliphatic rings. The summed E-state index contributed by atoms with van der Waals surface area (Å²) in [5, 5.41) is 9.17. The molecule has 0 spiro atoms. The van der Waals surface area contributed by atoms with Gasteiger partial charge in [0.05, 0.1) is 18.2 Å². The molecule has 9 heteroatoms. The monoisotopic (exact) mass is 541 g/mol. The average molecular weight is 542 g/mol. The van der Waals surface area contributed by atoms with Gasteiger partial charge in [-0.3, -0.25) is 4.90 Å². The number of carboxylic acid groups (broad SMARTS) is 1. The van der Waals surface area contributed by atoms with E-state index in [0.29, 0.717) is 18.8 Å². The molecule has 0 unspecified atom stereocenters. The number of carbonyl (C=O) groups excluding carboxylic acids is 1. The first-order valence-corrected chi connectivity index (χ1v) is 15.9. The van der Waals surface area contributed by atoms with Crippen LogP contribution in [0.5, 0.6) is 0 Å². The zero-order valence-corrected chi connectivity index (χ0v) is 24.8. The SMILES string of the molecule is CC(C)(C)OC(=O)N1[C@@H](CO[Si@](C)(Cc2ccc(N)nc2)C(C)(C)C)CC[C@H]1Cc1ccc(C(=O)O)cc1. The number of likely N-dealkylation sites (tertiary alicyclic amines) is 1. The quantitative estimate of drug-likeness (QED) is 0.403. The Kier molecular flexibility index (Phi) is 8.93. The van der Waals surface area contributed by atoms with Gasteiger partial charge in [-0.2, -0.15) is 0 Å². The molecule has 2 aromatic rings. The van der Waals surface area contributed by atoms with Crippen molar-refractivity contribution in [1.29, 1.82) is 0 Å². The third kappa shape index (κ3) is 7.57. The van der Waals surface area contributed by atoms with Gasteiger partial charge in [0, 0.05) is 12.2 Å². The van der Waals surface area contributed by atoms with E-state index < -0.39 is 19.9 Å². The molecule has 0 radical (unpaired) electrons. The van der Waals surface area contributed by atoms with Gasteiger partial charge in [-0.05, 0) is 87.0 Å². The molecule has 1 aromatic carbocycles. The van der Waals surface area contributed by atoms with Gasteiger partial charge in [0.25, 0.3) is 0 Å². The molecule has 1 saturated heterocycles. The van der Waals surface area contributed by atoms with Crippen LogP contribution in [0.15, 0.2) is 42.6 Å². The van der Waals surface area contributed by atoms with Gasteiger partial charge in [-0.1, -0.05) is 39.0 Å². The Labute approximate surface area is 227 Å². The van der Waals surface area contributed by atoms with Gasteiger partial charge in [0.15, 0.2) is 8.32 Å². The highest BCUT2D eigenvalue weighted by Gasteiger charge is 2.45. The number of rotatable bonds is 8. The maximum atomic E-state index is 13.4. The number of carboxylic acids is 1. The van der Waals surface area contributed by atoms with Crippen LogP contribution in [0.1, 0.15) is 75.9 Å². The normalized spacial score (nSPS) is 19.7. The summed E-state index contributed by atoms with van der Waals surface area (Å²) in [5.74, 6) is -0.456. The Balaban J connectivity index is 1.80. The molecular formula is C29H43N3O5Si. The summed E-state index contributed by atoms with van der Waals surface area (Å²) >= 11 is 0. The lowest BCUT2D eigenvalue weighted by Crippen LogP contribution is -2.51. The van der Waals surface area contributed by atoms with Crippen LogP contribution in [-0.4, -0.2) is 59.7 Å². The summed E-state index contributed by atoms with van der Waals surface area (Å²) in [7, 11) is -2.32. The second-order valence-corrected chi connectivity index (χ2v) is 17.1. The Morgan fingerprint density at radius 1 is 1.03 bits per heavy atom. The van der Waals surface area contributed by atoms with E-state index in [1.165, 1.54) is 0 Å². The molecule has 3 atom stereocenters. The number of benzene rings is 1. The van der Waals surface area contributed by atoms with E-state index in [1.54, 1.807) is 12.1 Å². The van der Waals surface area contributed by atoms with E-state index in [0.717, 1.165) is 30.0 Å². The van der Waals surface area contributed by atoms with Crippen molar-refractivity contribution in [3.05, 3.63) is 59.3 Å². The molecule has 0 bridgehead atoms. The van der Waals surface area contributed by atoms with Gasteiger partial charge in [-0.25, -0.2) is 14.6 Å². The predicted molar refractivity (Wildman–Crippen MR) is 152 cm³/mol. The van der Waals surface area contributed by atoms with Crippen molar-refractivity contribution in [3.63, 3.8) is 0 Å². The fraction of sp³-hybridized carbons (Fsp3) is 0.552. The number of nitrogen functional groups attached to an aromatic ring is 1. The average Bonchev–Trinajstić information content (AvgIpc) is 3.20. The Hall–Kier alpha value is -2.91. The summed E-state index contributed by atoms with van der Waals surface area (Å²) in [6, 6.07) is 11.3. The number of nitrogens with two attached hydrogens (primary N) is 1. The molecule has 1 aliphatic heterocycles. The summed E-state index contributed by atoms with van der Waals surface area (Å²) < 4.78 is 12.6. The largest absolute Gasteiger partial charge is 0.478 e. The Morgan fingerprint density at radius 2 is 1.63 bits per heavy atom. The molecule has 1 aromatic heterocycles. The highest BCUT2D eigenvalue weighted by molar-refractivity contribution is 6.74. The van der Waals surface area contributed by atoms with Crippen LogP contribution < -0.4 is 5.73 Å². The first-order valence-electron chi connectivity index (χ1n) is 13.3. The molecule has 1 amide bonds. The van der Waals surface area contributed by atoms with Crippen molar-refractivity contribution in [2.75, 3.05) is 12.3 Å². The zero-order valence-electron chi connectivity index (χ0n) is 23.8. The zero-order chi connectivity index (χ0) is 28.3. The summed E-state index contributed by atoms with van der Waals surface area (Å²) in [6.45, 7) is 15.0. The number of carbonyl (C=O) groups is 2. The second-order valence-electron chi connectivity index (χ2n) is 12.5. The minimum atomic E-state index is -2.32. The van der Waals surface area contributed by atoms with Crippen LogP contribution >= 0.6 is 0 Å². The number of amides is 1. The van der Waals surface area contributed by atoms with Crippen molar-refractivity contribution >= 4 is 26.2 Å². The molecule has 0 aliphatic carbocycles. The van der Waals surface area contributed by atoms with E-state index in [1.807, 2.05) is 56.1 Å². The maximum absolute atomic E-state index is 13.4. The first-order chi connectivity index (χ1) is 17.6. The minimum absolute atomic E-state index is 0.0466. The number of anilines is 1. The van der Waals surface area contributed by atoms with Gasteiger partial charge in [0.1, 0.15) is 11.4 Å². The smallest absolute Gasteiger partial charge is 0.410 e. The van der Waals surface area contributed by atoms with Gasteiger partial charge < -0.3 is 20.0 Å². The Morgan fingerprint density at radius 3 is 2.16 bits per heavy atom. The maximum Gasteiger partial charge on any atom is 0.410 e. The van der Waals surface area contributed by atoms with Crippen molar-refractivity contribution in [3.8, 4) is 0 Å². The molecule has 38 heavy (non-hydrogen) atoms. The molecular weight excluding hydrogens is 498 g/mol. The number of hydrogen-bond donors (Lipinski definition) is 2. The third-order valence-electron chi connectivity index (χ3n) is 7.47. The van der Waals surface area contributed by atoms with Gasteiger partial charge in [-0.15, -0.1) is 0 Å². The highest BCUT2D eigenvalue weighted by Crippen LogP contribution is 2.40.